The van der Waals surface area contributed by atoms with Gasteiger partial charge in [-0.3, -0.25) is 0 Å². The third-order valence-electron chi connectivity index (χ3n) is 5.29. The highest BCUT2D eigenvalue weighted by Gasteiger charge is 2.20. The molecule has 3 aromatic carbocycles. The standard InChI is InChI=1S/C25H25N/c1-18-10-12-20(13-11-18)17-25-23(16-19(2)26-25)15-14-22-8-5-7-21-6-3-4-9-24(21)22/h3-13,16,25-26H,2,14-15,17H2,1H3/t25-/m0/s1. The first-order chi connectivity index (χ1) is 12.7. The average Bonchev–Trinajstić information content (AvgIpc) is 3.01. The number of benzene rings is 3. The first-order valence-electron chi connectivity index (χ1n) is 9.37. The van der Waals surface area contributed by atoms with Gasteiger partial charge in [-0.15, -0.1) is 0 Å². The lowest BCUT2D eigenvalue weighted by Crippen LogP contribution is -2.26. The van der Waals surface area contributed by atoms with E-state index in [2.05, 4.69) is 91.6 Å². The molecule has 0 bridgehead atoms. The molecule has 0 unspecified atom stereocenters. The molecule has 1 heteroatoms. The van der Waals surface area contributed by atoms with E-state index in [1.165, 1.54) is 33.0 Å². The zero-order valence-corrected chi connectivity index (χ0v) is 15.3. The summed E-state index contributed by atoms with van der Waals surface area (Å²) in [7, 11) is 0. The van der Waals surface area contributed by atoms with Crippen LogP contribution < -0.4 is 5.32 Å². The molecular formula is C25H25N. The van der Waals surface area contributed by atoms with Crippen molar-refractivity contribution in [1.82, 2.24) is 5.32 Å². The van der Waals surface area contributed by atoms with Gasteiger partial charge in [-0.1, -0.05) is 78.9 Å². The first-order valence-corrected chi connectivity index (χ1v) is 9.37. The van der Waals surface area contributed by atoms with Gasteiger partial charge in [0.1, 0.15) is 0 Å². The number of hydrogen-bond donors (Lipinski definition) is 1. The van der Waals surface area contributed by atoms with E-state index >= 15 is 0 Å². The summed E-state index contributed by atoms with van der Waals surface area (Å²) in [6, 6.07) is 24.5. The van der Waals surface area contributed by atoms with Gasteiger partial charge in [0.2, 0.25) is 0 Å². The van der Waals surface area contributed by atoms with Crippen LogP contribution in [0.25, 0.3) is 10.8 Å². The van der Waals surface area contributed by atoms with Gasteiger partial charge in [0, 0.05) is 5.70 Å². The van der Waals surface area contributed by atoms with Crippen LogP contribution in [0.1, 0.15) is 23.1 Å². The van der Waals surface area contributed by atoms with Crippen LogP contribution in [-0.2, 0) is 12.8 Å². The molecule has 0 saturated heterocycles. The molecule has 0 amide bonds. The zero-order valence-electron chi connectivity index (χ0n) is 15.3. The van der Waals surface area contributed by atoms with Crippen LogP contribution in [0.15, 0.2) is 90.7 Å². The number of nitrogens with one attached hydrogen (secondary N) is 1. The van der Waals surface area contributed by atoms with Crippen LogP contribution in [0, 0.1) is 6.92 Å². The number of allylic oxidation sites excluding steroid dienone is 1. The van der Waals surface area contributed by atoms with Gasteiger partial charge in [0.15, 0.2) is 0 Å². The van der Waals surface area contributed by atoms with E-state index in [9.17, 15) is 0 Å². The number of rotatable bonds is 5. The van der Waals surface area contributed by atoms with Crippen molar-refractivity contribution < 1.29 is 0 Å². The molecule has 0 aromatic heterocycles. The Kier molecular flexibility index (Phi) is 4.62. The molecular weight excluding hydrogens is 314 g/mol. The quantitative estimate of drug-likeness (QED) is 0.625. The summed E-state index contributed by atoms with van der Waals surface area (Å²) >= 11 is 0. The number of fused-ring (bicyclic) bond motifs is 1. The van der Waals surface area contributed by atoms with E-state index in [1.807, 2.05) is 0 Å². The van der Waals surface area contributed by atoms with Crippen molar-refractivity contribution in [2.75, 3.05) is 0 Å². The van der Waals surface area contributed by atoms with Crippen LogP contribution in [0.4, 0.5) is 0 Å². The summed E-state index contributed by atoms with van der Waals surface area (Å²) in [4.78, 5) is 0. The maximum Gasteiger partial charge on any atom is 0.0517 e. The Morgan fingerprint density at radius 3 is 2.50 bits per heavy atom. The minimum atomic E-state index is 0.361. The van der Waals surface area contributed by atoms with Gasteiger partial charge in [-0.05, 0) is 59.7 Å². The van der Waals surface area contributed by atoms with Gasteiger partial charge in [-0.25, -0.2) is 0 Å². The number of aryl methyl sites for hydroxylation is 2. The molecule has 0 radical (unpaired) electrons. The fraction of sp³-hybridized carbons (Fsp3) is 0.200. The normalized spacial score (nSPS) is 16.6. The summed E-state index contributed by atoms with van der Waals surface area (Å²) in [6.45, 7) is 6.26. The molecule has 0 spiro atoms. The highest BCUT2D eigenvalue weighted by molar-refractivity contribution is 5.85. The Balaban J connectivity index is 1.49. The fourth-order valence-corrected chi connectivity index (χ4v) is 3.86. The van der Waals surface area contributed by atoms with Gasteiger partial charge in [0.05, 0.1) is 6.04 Å². The Hall–Kier alpha value is -2.80. The molecule has 1 aliphatic rings. The monoisotopic (exact) mass is 339 g/mol. The van der Waals surface area contributed by atoms with Crippen LogP contribution in [0.5, 0.6) is 0 Å². The second kappa shape index (κ2) is 7.21. The smallest absolute Gasteiger partial charge is 0.0517 e. The number of hydrogen-bond acceptors (Lipinski definition) is 1. The molecule has 130 valence electrons. The van der Waals surface area contributed by atoms with E-state index < -0.39 is 0 Å². The lowest BCUT2D eigenvalue weighted by molar-refractivity contribution is 0.650. The van der Waals surface area contributed by atoms with E-state index in [0.29, 0.717) is 6.04 Å². The zero-order chi connectivity index (χ0) is 17.9. The van der Waals surface area contributed by atoms with Crippen molar-refractivity contribution in [2.45, 2.75) is 32.2 Å². The van der Waals surface area contributed by atoms with Crippen LogP contribution >= 0.6 is 0 Å². The van der Waals surface area contributed by atoms with E-state index in [-0.39, 0.29) is 0 Å². The lowest BCUT2D eigenvalue weighted by Gasteiger charge is -2.17. The molecule has 1 N–H and O–H groups in total. The third-order valence-corrected chi connectivity index (χ3v) is 5.29. The Bertz CT molecular complexity index is 958. The average molecular weight is 339 g/mol. The second-order valence-electron chi connectivity index (χ2n) is 7.27. The SMILES string of the molecule is C=C1C=C(CCc2cccc3ccccc23)[C@H](Cc2ccc(C)cc2)N1. The lowest BCUT2D eigenvalue weighted by atomic mass is 9.93. The van der Waals surface area contributed by atoms with Crippen molar-refractivity contribution in [3.05, 3.63) is 107 Å². The van der Waals surface area contributed by atoms with Gasteiger partial charge in [0.25, 0.3) is 0 Å². The summed E-state index contributed by atoms with van der Waals surface area (Å²) in [6.07, 6.45) is 5.38. The molecule has 4 rings (SSSR count). The van der Waals surface area contributed by atoms with Crippen LogP contribution in [0.2, 0.25) is 0 Å². The molecule has 1 heterocycles. The predicted octanol–water partition coefficient (Wildman–Crippen LogP) is 5.74. The molecule has 1 atom stereocenters. The molecule has 0 aliphatic carbocycles. The highest BCUT2D eigenvalue weighted by atomic mass is 14.9. The van der Waals surface area contributed by atoms with Gasteiger partial charge >= 0.3 is 0 Å². The van der Waals surface area contributed by atoms with E-state index in [4.69, 9.17) is 0 Å². The minimum absolute atomic E-state index is 0.361. The van der Waals surface area contributed by atoms with E-state index in [1.54, 1.807) is 0 Å². The first kappa shape index (κ1) is 16.7. The van der Waals surface area contributed by atoms with Crippen molar-refractivity contribution in [2.24, 2.45) is 0 Å². The fourth-order valence-electron chi connectivity index (χ4n) is 3.86. The van der Waals surface area contributed by atoms with Gasteiger partial charge in [-0.2, -0.15) is 0 Å². The highest BCUT2D eigenvalue weighted by Crippen LogP contribution is 2.26. The van der Waals surface area contributed by atoms with Crippen molar-refractivity contribution in [3.63, 3.8) is 0 Å². The molecule has 1 aliphatic heterocycles. The molecule has 26 heavy (non-hydrogen) atoms. The largest absolute Gasteiger partial charge is 0.379 e. The third kappa shape index (κ3) is 3.57. The van der Waals surface area contributed by atoms with E-state index in [0.717, 1.165) is 25.0 Å². The minimum Gasteiger partial charge on any atom is -0.379 e. The van der Waals surface area contributed by atoms with Gasteiger partial charge < -0.3 is 5.32 Å². The Labute approximate surface area is 156 Å². The second-order valence-corrected chi connectivity index (χ2v) is 7.27. The van der Waals surface area contributed by atoms with Crippen LogP contribution in [-0.4, -0.2) is 6.04 Å². The molecule has 0 fully saturated rings. The summed E-state index contributed by atoms with van der Waals surface area (Å²) in [5, 5.41) is 6.25. The van der Waals surface area contributed by atoms with Crippen molar-refractivity contribution >= 4 is 10.8 Å². The predicted molar refractivity (Wildman–Crippen MR) is 111 cm³/mol. The molecule has 0 saturated carbocycles. The Morgan fingerprint density at radius 2 is 1.65 bits per heavy atom. The maximum atomic E-state index is 4.13. The summed E-state index contributed by atoms with van der Waals surface area (Å²) in [5.41, 5.74) is 6.61. The van der Waals surface area contributed by atoms with Crippen LogP contribution in [0.3, 0.4) is 0 Å². The topological polar surface area (TPSA) is 12.0 Å². The molecule has 3 aromatic rings. The Morgan fingerprint density at radius 1 is 0.885 bits per heavy atom. The molecule has 1 nitrogen and oxygen atoms in total. The summed E-state index contributed by atoms with van der Waals surface area (Å²) < 4.78 is 0. The maximum absolute atomic E-state index is 4.13. The van der Waals surface area contributed by atoms with Crippen molar-refractivity contribution in [3.8, 4) is 0 Å². The summed E-state index contributed by atoms with van der Waals surface area (Å²) in [5.74, 6) is 0. The van der Waals surface area contributed by atoms with Crippen molar-refractivity contribution in [1.29, 1.82) is 0 Å².